The fraction of sp³-hybridized carbons (Fsp3) is 0.368. The van der Waals surface area contributed by atoms with Crippen molar-refractivity contribution in [3.63, 3.8) is 0 Å². The quantitative estimate of drug-likeness (QED) is 0.418. The molecule has 1 fully saturated rings. The Kier molecular flexibility index (Phi) is 5.67. The fourth-order valence-corrected chi connectivity index (χ4v) is 5.72. The maximum Gasteiger partial charge on any atom is 0.331 e. The molecular weight excluding hydrogens is 386 g/mol. The van der Waals surface area contributed by atoms with Crippen LogP contribution in [0.4, 0.5) is 0 Å². The zero-order valence-corrected chi connectivity index (χ0v) is 16.8. The Balaban J connectivity index is 1.65. The molecule has 1 saturated heterocycles. The summed E-state index contributed by atoms with van der Waals surface area (Å²) in [6, 6.07) is 5.34. The molecule has 1 aliphatic heterocycles. The summed E-state index contributed by atoms with van der Waals surface area (Å²) in [5.41, 5.74) is 2.01. The van der Waals surface area contributed by atoms with Crippen molar-refractivity contribution in [3.8, 4) is 0 Å². The molecule has 1 atom stereocenters. The summed E-state index contributed by atoms with van der Waals surface area (Å²) in [4.78, 5) is 25.2. The minimum atomic E-state index is -3.02. The van der Waals surface area contributed by atoms with E-state index >= 15 is 0 Å². The molecule has 8 heteroatoms. The highest BCUT2D eigenvalue weighted by Gasteiger charge is 2.31. The number of hydrogen-bond donors (Lipinski definition) is 0. The van der Waals surface area contributed by atoms with E-state index in [9.17, 15) is 18.0 Å². The van der Waals surface area contributed by atoms with Crippen LogP contribution in [0.15, 0.2) is 29.7 Å². The van der Waals surface area contributed by atoms with Gasteiger partial charge in [-0.1, -0.05) is 6.07 Å². The second-order valence-electron chi connectivity index (χ2n) is 6.59. The minimum absolute atomic E-state index is 0.0967. The molecule has 0 N–H and O–H groups in total. The van der Waals surface area contributed by atoms with Crippen LogP contribution in [0.2, 0.25) is 0 Å². The molecule has 1 aliphatic rings. The molecular formula is C19H21NO5S2. The van der Waals surface area contributed by atoms with E-state index in [0.29, 0.717) is 17.7 Å². The number of esters is 1. The van der Waals surface area contributed by atoms with Crippen LogP contribution in [-0.2, 0) is 19.4 Å². The Morgan fingerprint density at radius 3 is 2.78 bits per heavy atom. The number of carbonyl (C=O) groups is 2. The van der Waals surface area contributed by atoms with E-state index in [1.165, 1.54) is 17.4 Å². The lowest BCUT2D eigenvalue weighted by atomic mass is 10.1. The number of sulfone groups is 1. The Bertz CT molecular complexity index is 984. The number of rotatable bonds is 6. The zero-order valence-electron chi connectivity index (χ0n) is 15.2. The van der Waals surface area contributed by atoms with Gasteiger partial charge in [0, 0.05) is 33.9 Å². The van der Waals surface area contributed by atoms with Gasteiger partial charge in [-0.15, -0.1) is 11.3 Å². The van der Waals surface area contributed by atoms with Gasteiger partial charge in [0.2, 0.25) is 5.78 Å². The van der Waals surface area contributed by atoms with E-state index in [1.807, 2.05) is 29.0 Å². The number of ether oxygens (including phenoxy) is 1. The van der Waals surface area contributed by atoms with Crippen molar-refractivity contribution in [2.24, 2.45) is 0 Å². The summed E-state index contributed by atoms with van der Waals surface area (Å²) in [6.07, 6.45) is 3.49. The molecule has 0 spiro atoms. The largest absolute Gasteiger partial charge is 0.454 e. The van der Waals surface area contributed by atoms with E-state index in [0.717, 1.165) is 10.6 Å². The van der Waals surface area contributed by atoms with Gasteiger partial charge in [0.1, 0.15) is 0 Å². The first-order chi connectivity index (χ1) is 12.8. The number of Topliss-reactive ketones (excluding diaryl/α,β-unsaturated/α-hetero) is 1. The van der Waals surface area contributed by atoms with Crippen molar-refractivity contribution in [3.05, 3.63) is 51.5 Å². The van der Waals surface area contributed by atoms with Crippen LogP contribution in [0.3, 0.4) is 0 Å². The molecule has 0 saturated carbocycles. The highest BCUT2D eigenvalue weighted by atomic mass is 32.2. The summed E-state index contributed by atoms with van der Waals surface area (Å²) in [5, 5.41) is 1.90. The molecule has 3 rings (SSSR count). The summed E-state index contributed by atoms with van der Waals surface area (Å²) >= 11 is 1.50. The predicted octanol–water partition coefficient (Wildman–Crippen LogP) is 2.97. The lowest BCUT2D eigenvalue weighted by Gasteiger charge is -2.16. The Morgan fingerprint density at radius 1 is 1.37 bits per heavy atom. The van der Waals surface area contributed by atoms with Gasteiger partial charge in [0.05, 0.1) is 11.5 Å². The topological polar surface area (TPSA) is 82.4 Å². The van der Waals surface area contributed by atoms with Gasteiger partial charge < -0.3 is 9.30 Å². The second kappa shape index (κ2) is 7.82. The van der Waals surface area contributed by atoms with Gasteiger partial charge in [-0.3, -0.25) is 4.79 Å². The molecule has 0 aliphatic carbocycles. The van der Waals surface area contributed by atoms with Crippen LogP contribution >= 0.6 is 11.3 Å². The highest BCUT2D eigenvalue weighted by molar-refractivity contribution is 7.91. The third-order valence-corrected chi connectivity index (χ3v) is 7.22. The normalized spacial score (nSPS) is 18.8. The lowest BCUT2D eigenvalue weighted by Crippen LogP contribution is -2.16. The summed E-state index contributed by atoms with van der Waals surface area (Å²) < 4.78 is 30.5. The van der Waals surface area contributed by atoms with Gasteiger partial charge in [-0.25, -0.2) is 13.2 Å². The number of hydrogen-bond acceptors (Lipinski definition) is 6. The van der Waals surface area contributed by atoms with Crippen molar-refractivity contribution in [1.29, 1.82) is 0 Å². The third-order valence-electron chi connectivity index (χ3n) is 4.63. The number of carbonyl (C=O) groups excluding carboxylic acids is 2. The van der Waals surface area contributed by atoms with E-state index in [-0.39, 0.29) is 29.9 Å². The van der Waals surface area contributed by atoms with E-state index in [2.05, 4.69) is 0 Å². The van der Waals surface area contributed by atoms with Crippen LogP contribution in [0.1, 0.15) is 39.1 Å². The number of aryl methyl sites for hydroxylation is 1. The van der Waals surface area contributed by atoms with Crippen LogP contribution < -0.4 is 0 Å². The SMILES string of the molecule is Cc1cc(C(=O)COC(=O)/C=C/c2cccs2)c(C)n1[C@H]1CCS(=O)(=O)C1. The molecule has 2 aromatic heterocycles. The van der Waals surface area contributed by atoms with Crippen molar-refractivity contribution in [1.82, 2.24) is 4.57 Å². The second-order valence-corrected chi connectivity index (χ2v) is 9.80. The van der Waals surface area contributed by atoms with Gasteiger partial charge >= 0.3 is 5.97 Å². The number of aromatic nitrogens is 1. The standard InChI is InChI=1S/C19H21NO5S2/c1-13-10-17(14(2)20(13)15-7-9-27(23,24)12-15)18(21)11-25-19(22)6-5-16-4-3-8-26-16/h3-6,8,10,15H,7,9,11-12H2,1-2H3/b6-5+/t15-/m0/s1. The Labute approximate surface area is 162 Å². The summed E-state index contributed by atoms with van der Waals surface area (Å²) in [7, 11) is -3.02. The maximum atomic E-state index is 12.5. The van der Waals surface area contributed by atoms with Crippen LogP contribution in [-0.4, -0.2) is 42.9 Å². The van der Waals surface area contributed by atoms with E-state index in [1.54, 1.807) is 19.1 Å². The predicted molar refractivity (Wildman–Crippen MR) is 105 cm³/mol. The zero-order chi connectivity index (χ0) is 19.6. The number of ketones is 1. The molecule has 6 nitrogen and oxygen atoms in total. The van der Waals surface area contributed by atoms with Gasteiger partial charge in [0.25, 0.3) is 0 Å². The molecule has 144 valence electrons. The first kappa shape index (κ1) is 19.6. The van der Waals surface area contributed by atoms with Crippen LogP contribution in [0, 0.1) is 13.8 Å². The molecule has 3 heterocycles. The number of thiophene rings is 1. The highest BCUT2D eigenvalue weighted by Crippen LogP contribution is 2.29. The van der Waals surface area contributed by atoms with Crippen molar-refractivity contribution >= 4 is 39.0 Å². The third kappa shape index (κ3) is 4.56. The molecule has 0 amide bonds. The first-order valence-electron chi connectivity index (χ1n) is 8.57. The molecule has 0 unspecified atom stereocenters. The fourth-order valence-electron chi connectivity index (χ4n) is 3.40. The number of nitrogens with zero attached hydrogens (tertiary/aromatic N) is 1. The van der Waals surface area contributed by atoms with E-state index in [4.69, 9.17) is 4.74 Å². The molecule has 27 heavy (non-hydrogen) atoms. The van der Waals surface area contributed by atoms with Crippen molar-refractivity contribution < 1.29 is 22.7 Å². The molecule has 0 aromatic carbocycles. The van der Waals surface area contributed by atoms with E-state index < -0.39 is 15.8 Å². The van der Waals surface area contributed by atoms with Crippen molar-refractivity contribution in [2.75, 3.05) is 18.1 Å². The average molecular weight is 408 g/mol. The average Bonchev–Trinajstić information content (AvgIpc) is 3.31. The molecule has 0 bridgehead atoms. The van der Waals surface area contributed by atoms with Crippen LogP contribution in [0.25, 0.3) is 6.08 Å². The molecule has 0 radical (unpaired) electrons. The van der Waals surface area contributed by atoms with Gasteiger partial charge in [-0.2, -0.15) is 0 Å². The Morgan fingerprint density at radius 2 is 2.15 bits per heavy atom. The first-order valence-corrected chi connectivity index (χ1v) is 11.3. The lowest BCUT2D eigenvalue weighted by molar-refractivity contribution is -0.136. The summed E-state index contributed by atoms with van der Waals surface area (Å²) in [6.45, 7) is 3.30. The summed E-state index contributed by atoms with van der Waals surface area (Å²) in [5.74, 6) is -0.605. The van der Waals surface area contributed by atoms with Crippen LogP contribution in [0.5, 0.6) is 0 Å². The minimum Gasteiger partial charge on any atom is -0.454 e. The van der Waals surface area contributed by atoms with Gasteiger partial charge in [-0.05, 0) is 43.9 Å². The smallest absolute Gasteiger partial charge is 0.331 e. The monoisotopic (exact) mass is 407 g/mol. The Hall–Kier alpha value is -2.19. The molecule has 2 aromatic rings. The van der Waals surface area contributed by atoms with Crippen molar-refractivity contribution in [2.45, 2.75) is 26.3 Å². The van der Waals surface area contributed by atoms with Gasteiger partial charge in [0.15, 0.2) is 16.4 Å². The maximum absolute atomic E-state index is 12.5.